The maximum Gasteiger partial charge on any atom is 0.416 e. The average molecular weight is 229 g/mol. The Bertz CT molecular complexity index is 356. The van der Waals surface area contributed by atoms with Crippen molar-refractivity contribution in [2.45, 2.75) is 38.0 Å². The molecule has 1 saturated carbocycles. The van der Waals surface area contributed by atoms with E-state index in [9.17, 15) is 13.2 Å². The predicted molar refractivity (Wildman–Crippen MR) is 55.9 cm³/mol. The molecule has 1 aromatic carbocycles. The van der Waals surface area contributed by atoms with E-state index in [4.69, 9.17) is 0 Å². The molecule has 1 aliphatic rings. The molecule has 0 atom stereocenters. The summed E-state index contributed by atoms with van der Waals surface area (Å²) in [6, 6.07) is 5.99. The van der Waals surface area contributed by atoms with E-state index >= 15 is 0 Å². The van der Waals surface area contributed by atoms with Gasteiger partial charge in [-0.3, -0.25) is 0 Å². The summed E-state index contributed by atoms with van der Waals surface area (Å²) in [6.45, 7) is 0.522. The van der Waals surface area contributed by atoms with Crippen LogP contribution in [0.25, 0.3) is 0 Å². The van der Waals surface area contributed by atoms with Crippen LogP contribution in [0.15, 0.2) is 24.3 Å². The first-order valence-electron chi connectivity index (χ1n) is 5.45. The highest BCUT2D eigenvalue weighted by Crippen LogP contribution is 2.29. The Balaban J connectivity index is 1.98. The Morgan fingerprint density at radius 3 is 2.56 bits per heavy atom. The summed E-state index contributed by atoms with van der Waals surface area (Å²) in [7, 11) is 0. The topological polar surface area (TPSA) is 12.0 Å². The lowest BCUT2D eigenvalue weighted by Crippen LogP contribution is -2.34. The zero-order chi connectivity index (χ0) is 11.6. The van der Waals surface area contributed by atoms with E-state index in [1.165, 1.54) is 18.6 Å². The largest absolute Gasteiger partial charge is 0.416 e. The van der Waals surface area contributed by atoms with Gasteiger partial charge >= 0.3 is 6.18 Å². The van der Waals surface area contributed by atoms with Gasteiger partial charge in [-0.25, -0.2) is 0 Å². The van der Waals surface area contributed by atoms with E-state index < -0.39 is 11.7 Å². The maximum absolute atomic E-state index is 12.4. The molecule has 2 rings (SSSR count). The number of benzene rings is 1. The Morgan fingerprint density at radius 1 is 1.25 bits per heavy atom. The average Bonchev–Trinajstić information content (AvgIpc) is 2.14. The lowest BCUT2D eigenvalue weighted by atomic mass is 9.93. The smallest absolute Gasteiger partial charge is 0.310 e. The second kappa shape index (κ2) is 4.45. The number of halogens is 3. The molecule has 1 aliphatic carbocycles. The summed E-state index contributed by atoms with van der Waals surface area (Å²) in [5.74, 6) is 0. The van der Waals surface area contributed by atoms with Gasteiger partial charge in [0.2, 0.25) is 0 Å². The molecule has 88 valence electrons. The van der Waals surface area contributed by atoms with Gasteiger partial charge in [0.15, 0.2) is 0 Å². The van der Waals surface area contributed by atoms with E-state index in [1.807, 2.05) is 0 Å². The number of hydrogen-bond acceptors (Lipinski definition) is 1. The van der Waals surface area contributed by atoms with Crippen molar-refractivity contribution >= 4 is 0 Å². The van der Waals surface area contributed by atoms with Crippen LogP contribution in [0.2, 0.25) is 0 Å². The standard InChI is InChI=1S/C12H14F3N/c13-12(14,15)10-4-1-3-9(7-10)8-16-11-5-2-6-11/h1,3-4,7,11,16H,2,5-6,8H2. The van der Waals surface area contributed by atoms with Crippen molar-refractivity contribution in [1.82, 2.24) is 5.32 Å². The van der Waals surface area contributed by atoms with Crippen molar-refractivity contribution in [1.29, 1.82) is 0 Å². The molecule has 0 aliphatic heterocycles. The number of nitrogens with one attached hydrogen (secondary N) is 1. The lowest BCUT2D eigenvalue weighted by Gasteiger charge is -2.26. The molecule has 0 unspecified atom stereocenters. The summed E-state index contributed by atoms with van der Waals surface area (Å²) >= 11 is 0. The zero-order valence-electron chi connectivity index (χ0n) is 8.85. The lowest BCUT2D eigenvalue weighted by molar-refractivity contribution is -0.137. The molecule has 0 amide bonds. The minimum Gasteiger partial charge on any atom is -0.310 e. The van der Waals surface area contributed by atoms with E-state index in [1.54, 1.807) is 6.07 Å². The van der Waals surface area contributed by atoms with Crippen molar-refractivity contribution < 1.29 is 13.2 Å². The molecule has 4 heteroatoms. The zero-order valence-corrected chi connectivity index (χ0v) is 8.85. The fraction of sp³-hybridized carbons (Fsp3) is 0.500. The Morgan fingerprint density at radius 2 is 2.00 bits per heavy atom. The molecular weight excluding hydrogens is 215 g/mol. The third kappa shape index (κ3) is 2.76. The van der Waals surface area contributed by atoms with Crippen LogP contribution in [0.3, 0.4) is 0 Å². The summed E-state index contributed by atoms with van der Waals surface area (Å²) in [5, 5.41) is 3.25. The molecule has 16 heavy (non-hydrogen) atoms. The van der Waals surface area contributed by atoms with Crippen LogP contribution in [0.1, 0.15) is 30.4 Å². The Labute approximate surface area is 92.7 Å². The molecule has 0 heterocycles. The van der Waals surface area contributed by atoms with Crippen molar-refractivity contribution in [2.24, 2.45) is 0 Å². The van der Waals surface area contributed by atoms with E-state index in [-0.39, 0.29) is 0 Å². The van der Waals surface area contributed by atoms with Crippen molar-refractivity contribution in [3.05, 3.63) is 35.4 Å². The van der Waals surface area contributed by atoms with Gasteiger partial charge in [0.25, 0.3) is 0 Å². The molecule has 1 nitrogen and oxygen atoms in total. The molecule has 1 N–H and O–H groups in total. The van der Waals surface area contributed by atoms with Crippen molar-refractivity contribution in [3.63, 3.8) is 0 Å². The summed E-state index contributed by atoms with van der Waals surface area (Å²) in [6.07, 6.45) is -0.745. The van der Waals surface area contributed by atoms with Crippen LogP contribution in [0.5, 0.6) is 0 Å². The van der Waals surface area contributed by atoms with Crippen LogP contribution in [-0.4, -0.2) is 6.04 Å². The van der Waals surface area contributed by atoms with Crippen LogP contribution >= 0.6 is 0 Å². The molecule has 0 aromatic heterocycles. The van der Waals surface area contributed by atoms with Crippen LogP contribution in [0, 0.1) is 0 Å². The first kappa shape index (κ1) is 11.5. The highest BCUT2D eigenvalue weighted by atomic mass is 19.4. The second-order valence-corrected chi connectivity index (χ2v) is 4.21. The van der Waals surface area contributed by atoms with Crippen LogP contribution in [-0.2, 0) is 12.7 Å². The van der Waals surface area contributed by atoms with Crippen molar-refractivity contribution in [2.75, 3.05) is 0 Å². The van der Waals surface area contributed by atoms with E-state index in [2.05, 4.69) is 5.32 Å². The quantitative estimate of drug-likeness (QED) is 0.838. The number of hydrogen-bond donors (Lipinski definition) is 1. The predicted octanol–water partition coefficient (Wildman–Crippen LogP) is 3.35. The fourth-order valence-corrected chi connectivity index (χ4v) is 1.73. The Kier molecular flexibility index (Phi) is 3.19. The summed E-state index contributed by atoms with van der Waals surface area (Å²) in [4.78, 5) is 0. The minimum absolute atomic E-state index is 0.495. The monoisotopic (exact) mass is 229 g/mol. The van der Waals surface area contributed by atoms with Gasteiger partial charge in [0.05, 0.1) is 5.56 Å². The van der Waals surface area contributed by atoms with Crippen LogP contribution in [0.4, 0.5) is 13.2 Å². The van der Waals surface area contributed by atoms with Gasteiger partial charge in [-0.15, -0.1) is 0 Å². The molecule has 1 fully saturated rings. The van der Waals surface area contributed by atoms with E-state index in [0.717, 1.165) is 18.9 Å². The van der Waals surface area contributed by atoms with Gasteiger partial charge in [-0.2, -0.15) is 13.2 Å². The normalized spacial score (nSPS) is 17.2. The molecule has 0 radical (unpaired) electrons. The minimum atomic E-state index is -4.24. The number of alkyl halides is 3. The van der Waals surface area contributed by atoms with Crippen LogP contribution < -0.4 is 5.32 Å². The first-order valence-corrected chi connectivity index (χ1v) is 5.45. The van der Waals surface area contributed by atoms with Crippen molar-refractivity contribution in [3.8, 4) is 0 Å². The summed E-state index contributed by atoms with van der Waals surface area (Å²) in [5.41, 5.74) is 0.127. The first-order chi connectivity index (χ1) is 7.55. The third-order valence-corrected chi connectivity index (χ3v) is 2.95. The maximum atomic E-state index is 12.4. The Hall–Kier alpha value is -1.03. The molecule has 0 bridgehead atoms. The second-order valence-electron chi connectivity index (χ2n) is 4.21. The molecule has 0 saturated heterocycles. The molecule has 1 aromatic rings. The van der Waals surface area contributed by atoms with Gasteiger partial charge < -0.3 is 5.32 Å². The SMILES string of the molecule is FC(F)(F)c1cccc(CNC2CCC2)c1. The highest BCUT2D eigenvalue weighted by molar-refractivity contribution is 5.25. The third-order valence-electron chi connectivity index (χ3n) is 2.95. The van der Waals surface area contributed by atoms with E-state index in [0.29, 0.717) is 18.2 Å². The highest BCUT2D eigenvalue weighted by Gasteiger charge is 2.30. The summed E-state index contributed by atoms with van der Waals surface area (Å²) < 4.78 is 37.3. The van der Waals surface area contributed by atoms with Gasteiger partial charge in [-0.1, -0.05) is 24.6 Å². The number of rotatable bonds is 3. The molecule has 0 spiro atoms. The molecular formula is C12H14F3N. The van der Waals surface area contributed by atoms with Gasteiger partial charge in [-0.05, 0) is 24.5 Å². The van der Waals surface area contributed by atoms with Gasteiger partial charge in [0, 0.05) is 12.6 Å². The van der Waals surface area contributed by atoms with Gasteiger partial charge in [0.1, 0.15) is 0 Å². The fourth-order valence-electron chi connectivity index (χ4n) is 1.73.